The van der Waals surface area contributed by atoms with Crippen LogP contribution in [-0.2, 0) is 0 Å². The molecule has 0 radical (unpaired) electrons. The quantitative estimate of drug-likeness (QED) is 0.555. The van der Waals surface area contributed by atoms with Gasteiger partial charge in [-0.3, -0.25) is 9.59 Å². The Labute approximate surface area is 122 Å². The van der Waals surface area contributed by atoms with Crippen molar-refractivity contribution >= 4 is 33.7 Å². The van der Waals surface area contributed by atoms with Crippen LogP contribution in [0.5, 0.6) is 0 Å². The molecule has 0 bridgehead atoms. The van der Waals surface area contributed by atoms with E-state index in [0.29, 0.717) is 22.0 Å². The molecule has 20 heavy (non-hydrogen) atoms. The van der Waals surface area contributed by atoms with Crippen LogP contribution in [-0.4, -0.2) is 25.3 Å². The highest BCUT2D eigenvalue weighted by molar-refractivity contribution is 7.19. The topological polar surface area (TPSA) is 84.2 Å². The van der Waals surface area contributed by atoms with Gasteiger partial charge in [0.2, 0.25) is 0 Å². The first-order chi connectivity index (χ1) is 9.45. The van der Waals surface area contributed by atoms with Crippen molar-refractivity contribution in [3.05, 3.63) is 22.6 Å². The maximum atomic E-state index is 12.2. The Morgan fingerprint density at radius 3 is 2.60 bits per heavy atom. The number of nitrogens with one attached hydrogen (secondary N) is 2. The van der Waals surface area contributed by atoms with Gasteiger partial charge in [-0.25, -0.2) is 0 Å². The molecule has 2 rings (SSSR count). The summed E-state index contributed by atoms with van der Waals surface area (Å²) < 4.78 is 0. The number of hydrogen-bond donors (Lipinski definition) is 3. The van der Waals surface area contributed by atoms with Gasteiger partial charge in [-0.15, -0.1) is 11.3 Å². The molecule has 6 heteroatoms. The third-order valence-corrected chi connectivity index (χ3v) is 4.30. The third-order valence-electron chi connectivity index (χ3n) is 3.12. The van der Waals surface area contributed by atoms with E-state index >= 15 is 0 Å². The van der Waals surface area contributed by atoms with Gasteiger partial charge in [-0.1, -0.05) is 12.2 Å². The molecule has 1 fully saturated rings. The summed E-state index contributed by atoms with van der Waals surface area (Å²) in [4.78, 5) is 24.7. The number of Topliss-reactive ketones (excluding diaryl/α,β-unsaturated/α-hetero) is 1. The van der Waals surface area contributed by atoms with Crippen molar-refractivity contribution in [3.8, 4) is 0 Å². The monoisotopic (exact) mass is 293 g/mol. The minimum atomic E-state index is -0.280. The Kier molecular flexibility index (Phi) is 4.13. The molecule has 108 valence electrons. The zero-order valence-corrected chi connectivity index (χ0v) is 12.5. The smallest absolute Gasteiger partial charge is 0.256 e. The van der Waals surface area contributed by atoms with Gasteiger partial charge < -0.3 is 16.4 Å². The van der Waals surface area contributed by atoms with Gasteiger partial charge in [0.25, 0.3) is 5.91 Å². The number of carbonyl (C=O) groups is 2. The maximum absolute atomic E-state index is 12.2. The Hall–Kier alpha value is -1.82. The first-order valence-corrected chi connectivity index (χ1v) is 7.34. The Balaban J connectivity index is 2.37. The maximum Gasteiger partial charge on any atom is 0.256 e. The lowest BCUT2D eigenvalue weighted by Gasteiger charge is -2.06. The summed E-state index contributed by atoms with van der Waals surface area (Å²) in [6.45, 7) is 6.24. The minimum Gasteiger partial charge on any atom is -0.397 e. The van der Waals surface area contributed by atoms with Gasteiger partial charge in [0.05, 0.1) is 16.1 Å². The molecule has 0 spiro atoms. The van der Waals surface area contributed by atoms with Crippen molar-refractivity contribution in [2.75, 3.05) is 24.6 Å². The van der Waals surface area contributed by atoms with E-state index in [9.17, 15) is 9.59 Å². The van der Waals surface area contributed by atoms with E-state index in [2.05, 4.69) is 17.2 Å². The minimum absolute atomic E-state index is 0.0565. The molecule has 0 saturated heterocycles. The number of thiophene rings is 1. The van der Waals surface area contributed by atoms with Gasteiger partial charge >= 0.3 is 0 Å². The normalized spacial score (nSPS) is 13.9. The lowest BCUT2D eigenvalue weighted by atomic mass is 10.1. The number of rotatable bonds is 6. The molecular formula is C14H19N3O2S. The van der Waals surface area contributed by atoms with Crippen molar-refractivity contribution in [2.24, 2.45) is 5.92 Å². The van der Waals surface area contributed by atoms with E-state index in [1.807, 2.05) is 6.92 Å². The molecule has 1 amide bonds. The average Bonchev–Trinajstić information content (AvgIpc) is 3.19. The van der Waals surface area contributed by atoms with Crippen LogP contribution in [0.2, 0.25) is 0 Å². The van der Waals surface area contributed by atoms with E-state index in [1.54, 1.807) is 7.05 Å². The van der Waals surface area contributed by atoms with Gasteiger partial charge in [0, 0.05) is 19.5 Å². The van der Waals surface area contributed by atoms with Gasteiger partial charge in [-0.05, 0) is 19.8 Å². The molecule has 1 aliphatic carbocycles. The zero-order chi connectivity index (χ0) is 14.9. The molecular weight excluding hydrogens is 274 g/mol. The first kappa shape index (κ1) is 14.6. The summed E-state index contributed by atoms with van der Waals surface area (Å²) in [5.74, 6) is -0.138. The van der Waals surface area contributed by atoms with Crippen molar-refractivity contribution < 1.29 is 9.59 Å². The molecule has 5 nitrogen and oxygen atoms in total. The molecule has 0 unspecified atom stereocenters. The van der Waals surface area contributed by atoms with Crippen LogP contribution in [0.25, 0.3) is 0 Å². The third kappa shape index (κ3) is 2.85. The van der Waals surface area contributed by atoms with E-state index in [0.717, 1.165) is 18.4 Å². The van der Waals surface area contributed by atoms with Gasteiger partial charge in [0.15, 0.2) is 5.78 Å². The summed E-state index contributed by atoms with van der Waals surface area (Å²) in [5, 5.41) is 6.32. The Morgan fingerprint density at radius 2 is 2.10 bits per heavy atom. The Morgan fingerprint density at radius 1 is 1.45 bits per heavy atom. The average molecular weight is 293 g/mol. The molecule has 1 aliphatic rings. The molecule has 4 N–H and O–H groups in total. The van der Waals surface area contributed by atoms with Crippen molar-refractivity contribution in [1.29, 1.82) is 0 Å². The molecule has 1 saturated carbocycles. The zero-order valence-electron chi connectivity index (χ0n) is 11.7. The van der Waals surface area contributed by atoms with Crippen molar-refractivity contribution in [2.45, 2.75) is 19.8 Å². The second kappa shape index (κ2) is 5.66. The van der Waals surface area contributed by atoms with Gasteiger partial charge in [0.1, 0.15) is 5.00 Å². The fourth-order valence-electron chi connectivity index (χ4n) is 1.86. The SMILES string of the molecule is C=C(C)CNc1sc(C(=O)C2CC2)c(N)c1C(=O)NC. The standard InChI is InChI=1S/C14H19N3O2S/c1-7(2)6-17-14-9(13(19)16-3)10(15)12(20-14)11(18)8-4-5-8/h8,17H,1,4-6,15H2,2-3H3,(H,16,19). The summed E-state index contributed by atoms with van der Waals surface area (Å²) in [5.41, 5.74) is 7.61. The predicted molar refractivity (Wildman–Crippen MR) is 82.5 cm³/mol. The first-order valence-electron chi connectivity index (χ1n) is 6.52. The van der Waals surface area contributed by atoms with E-state index in [-0.39, 0.29) is 23.3 Å². The van der Waals surface area contributed by atoms with E-state index in [1.165, 1.54) is 11.3 Å². The molecule has 0 atom stereocenters. The fourth-order valence-corrected chi connectivity index (χ4v) is 3.00. The number of anilines is 2. The molecule has 1 aromatic heterocycles. The number of amides is 1. The summed E-state index contributed by atoms with van der Waals surface area (Å²) >= 11 is 1.26. The van der Waals surface area contributed by atoms with Gasteiger partial charge in [-0.2, -0.15) is 0 Å². The number of ketones is 1. The molecule has 1 aromatic rings. The largest absolute Gasteiger partial charge is 0.397 e. The second-order valence-electron chi connectivity index (χ2n) is 5.08. The lowest BCUT2D eigenvalue weighted by Crippen LogP contribution is -2.20. The second-order valence-corrected chi connectivity index (χ2v) is 6.10. The summed E-state index contributed by atoms with van der Waals surface area (Å²) in [7, 11) is 1.55. The van der Waals surface area contributed by atoms with Crippen LogP contribution in [0.3, 0.4) is 0 Å². The van der Waals surface area contributed by atoms with E-state index < -0.39 is 0 Å². The van der Waals surface area contributed by atoms with Crippen LogP contribution in [0.1, 0.15) is 39.8 Å². The van der Waals surface area contributed by atoms with Crippen LogP contribution in [0.4, 0.5) is 10.7 Å². The number of nitrogens with two attached hydrogens (primary N) is 1. The van der Waals surface area contributed by atoms with Crippen LogP contribution in [0, 0.1) is 5.92 Å². The number of hydrogen-bond acceptors (Lipinski definition) is 5. The molecule has 0 aromatic carbocycles. The number of nitrogen functional groups attached to an aromatic ring is 1. The highest BCUT2D eigenvalue weighted by Gasteiger charge is 2.35. The number of carbonyl (C=O) groups excluding carboxylic acids is 2. The van der Waals surface area contributed by atoms with Crippen LogP contribution >= 0.6 is 11.3 Å². The fraction of sp³-hybridized carbons (Fsp3) is 0.429. The molecule has 1 heterocycles. The highest BCUT2D eigenvalue weighted by Crippen LogP contribution is 2.41. The summed E-state index contributed by atoms with van der Waals surface area (Å²) in [6, 6.07) is 0. The van der Waals surface area contributed by atoms with Crippen molar-refractivity contribution in [3.63, 3.8) is 0 Å². The highest BCUT2D eigenvalue weighted by atomic mass is 32.1. The van der Waals surface area contributed by atoms with Crippen LogP contribution < -0.4 is 16.4 Å². The summed E-state index contributed by atoms with van der Waals surface area (Å²) in [6.07, 6.45) is 1.83. The van der Waals surface area contributed by atoms with Crippen LogP contribution in [0.15, 0.2) is 12.2 Å². The van der Waals surface area contributed by atoms with E-state index in [4.69, 9.17) is 5.73 Å². The molecule has 0 aliphatic heterocycles. The lowest BCUT2D eigenvalue weighted by molar-refractivity contribution is 0.0964. The Bertz CT molecular complexity index is 573. The van der Waals surface area contributed by atoms with Crippen molar-refractivity contribution in [1.82, 2.24) is 5.32 Å². The predicted octanol–water partition coefficient (Wildman–Crippen LogP) is 2.27.